The lowest BCUT2D eigenvalue weighted by Crippen LogP contribution is -2.44. The molecular weight excluding hydrogens is 196 g/mol. The number of nitrogens with zero attached hydrogens (tertiary/aromatic N) is 1. The Balaban J connectivity index is 2.07. The Kier molecular flexibility index (Phi) is 2.75. The monoisotopic (exact) mass is 210 g/mol. The van der Waals surface area contributed by atoms with Crippen LogP contribution in [0.2, 0.25) is 0 Å². The molecule has 0 aliphatic carbocycles. The molecule has 1 aromatic rings. The van der Waals surface area contributed by atoms with Crippen LogP contribution in [0.1, 0.15) is 10.6 Å². The Morgan fingerprint density at radius 2 is 2.47 bits per heavy atom. The Morgan fingerprint density at radius 1 is 1.67 bits per heavy atom. The van der Waals surface area contributed by atoms with E-state index in [0.29, 0.717) is 18.8 Å². The minimum absolute atomic E-state index is 0.178. The van der Waals surface area contributed by atoms with E-state index in [1.165, 1.54) is 11.2 Å². The standard InChI is InChI=1S/C10H14N2O3/c1-12(7-5-11-6-8(7)13)10(14)9-3-2-4-15-9/h2-4,7-8,11,13H,5-6H2,1H3/t7-,8-/m1/s1. The lowest BCUT2D eigenvalue weighted by atomic mass is 10.2. The molecule has 0 bridgehead atoms. The second kappa shape index (κ2) is 4.04. The SMILES string of the molecule is CN(C(=O)c1ccco1)[C@@H]1CNC[C@H]1O. The first kappa shape index (κ1) is 10.2. The van der Waals surface area contributed by atoms with Gasteiger partial charge in [0.05, 0.1) is 18.4 Å². The summed E-state index contributed by atoms with van der Waals surface area (Å²) in [5.41, 5.74) is 0. The second-order valence-corrected chi connectivity index (χ2v) is 3.69. The van der Waals surface area contributed by atoms with Crippen LogP contribution in [-0.2, 0) is 0 Å². The van der Waals surface area contributed by atoms with E-state index in [0.717, 1.165) is 0 Å². The Bertz CT molecular complexity index is 336. The van der Waals surface area contributed by atoms with E-state index in [4.69, 9.17) is 4.42 Å². The Morgan fingerprint density at radius 3 is 3.00 bits per heavy atom. The molecule has 0 radical (unpaired) electrons. The number of hydrogen-bond donors (Lipinski definition) is 2. The van der Waals surface area contributed by atoms with Crippen molar-refractivity contribution in [3.05, 3.63) is 24.2 Å². The van der Waals surface area contributed by atoms with Gasteiger partial charge in [0.2, 0.25) is 0 Å². The van der Waals surface area contributed by atoms with Crippen LogP contribution in [0.25, 0.3) is 0 Å². The summed E-state index contributed by atoms with van der Waals surface area (Å²) < 4.78 is 5.02. The number of aliphatic hydroxyl groups is 1. The van der Waals surface area contributed by atoms with Crippen LogP contribution >= 0.6 is 0 Å². The number of nitrogens with one attached hydrogen (secondary N) is 1. The fourth-order valence-electron chi connectivity index (χ4n) is 1.77. The second-order valence-electron chi connectivity index (χ2n) is 3.69. The number of likely N-dealkylation sites (N-methyl/N-ethyl adjacent to an activating group) is 1. The van der Waals surface area contributed by atoms with E-state index in [2.05, 4.69) is 5.32 Å². The molecule has 2 rings (SSSR count). The van der Waals surface area contributed by atoms with Gasteiger partial charge >= 0.3 is 0 Å². The highest BCUT2D eigenvalue weighted by Gasteiger charge is 2.32. The predicted molar refractivity (Wildman–Crippen MR) is 53.5 cm³/mol. The van der Waals surface area contributed by atoms with Gasteiger partial charge in [0.1, 0.15) is 0 Å². The average Bonchev–Trinajstić information content (AvgIpc) is 2.85. The number of amides is 1. The van der Waals surface area contributed by atoms with E-state index in [-0.39, 0.29) is 11.9 Å². The third-order valence-electron chi connectivity index (χ3n) is 2.70. The Labute approximate surface area is 87.7 Å². The minimum Gasteiger partial charge on any atom is -0.459 e. The van der Waals surface area contributed by atoms with Gasteiger partial charge in [-0.05, 0) is 12.1 Å². The molecule has 0 aromatic carbocycles. The summed E-state index contributed by atoms with van der Waals surface area (Å²) >= 11 is 0. The molecule has 1 fully saturated rings. The van der Waals surface area contributed by atoms with Crippen molar-refractivity contribution < 1.29 is 14.3 Å². The predicted octanol–water partition coefficient (Wildman–Crippen LogP) is -0.316. The average molecular weight is 210 g/mol. The summed E-state index contributed by atoms with van der Waals surface area (Å²) in [4.78, 5) is 13.3. The van der Waals surface area contributed by atoms with Crippen LogP contribution in [0.4, 0.5) is 0 Å². The third kappa shape index (κ3) is 1.88. The maximum Gasteiger partial charge on any atom is 0.289 e. The van der Waals surface area contributed by atoms with Gasteiger partial charge in [-0.3, -0.25) is 4.79 Å². The summed E-state index contributed by atoms with van der Waals surface area (Å²) in [6, 6.07) is 3.11. The van der Waals surface area contributed by atoms with Gasteiger partial charge in [0.25, 0.3) is 5.91 Å². The van der Waals surface area contributed by atoms with Crippen LogP contribution in [0.5, 0.6) is 0 Å². The highest BCUT2D eigenvalue weighted by molar-refractivity contribution is 5.91. The maximum absolute atomic E-state index is 11.8. The first-order valence-electron chi connectivity index (χ1n) is 4.89. The molecule has 15 heavy (non-hydrogen) atoms. The molecule has 1 aromatic heterocycles. The molecule has 2 N–H and O–H groups in total. The Hall–Kier alpha value is -1.33. The van der Waals surface area contributed by atoms with Gasteiger partial charge in [0.15, 0.2) is 5.76 Å². The minimum atomic E-state index is -0.506. The van der Waals surface area contributed by atoms with Gasteiger partial charge in [-0.25, -0.2) is 0 Å². The van der Waals surface area contributed by atoms with Gasteiger partial charge in [-0.1, -0.05) is 0 Å². The third-order valence-corrected chi connectivity index (χ3v) is 2.70. The number of rotatable bonds is 2. The summed E-state index contributed by atoms with van der Waals surface area (Å²) in [7, 11) is 1.67. The van der Waals surface area contributed by atoms with Crippen LogP contribution in [0, 0.1) is 0 Å². The summed E-state index contributed by atoms with van der Waals surface area (Å²) in [5.74, 6) is 0.101. The van der Waals surface area contributed by atoms with Crippen LogP contribution in [0.3, 0.4) is 0 Å². The normalized spacial score (nSPS) is 25.5. The summed E-state index contributed by atoms with van der Waals surface area (Å²) in [5, 5.41) is 12.6. The zero-order chi connectivity index (χ0) is 10.8. The number of β-amino-alcohol motifs (C(OH)–C–C–N with tert-alkyl or cyclic N) is 1. The molecule has 1 saturated heterocycles. The molecule has 5 heteroatoms. The first-order chi connectivity index (χ1) is 7.20. The number of furan rings is 1. The largest absolute Gasteiger partial charge is 0.459 e. The van der Waals surface area contributed by atoms with Gasteiger partial charge in [0, 0.05) is 20.1 Å². The molecule has 0 saturated carbocycles. The van der Waals surface area contributed by atoms with E-state index in [1.807, 2.05) is 0 Å². The molecular formula is C10H14N2O3. The molecule has 0 spiro atoms. The molecule has 82 valence electrons. The molecule has 1 aliphatic rings. The summed E-state index contributed by atoms with van der Waals surface area (Å²) in [6.45, 7) is 1.14. The lowest BCUT2D eigenvalue weighted by molar-refractivity contribution is 0.0553. The van der Waals surface area contributed by atoms with Crippen molar-refractivity contribution >= 4 is 5.91 Å². The fraction of sp³-hybridized carbons (Fsp3) is 0.500. The molecule has 5 nitrogen and oxygen atoms in total. The highest BCUT2D eigenvalue weighted by atomic mass is 16.3. The topological polar surface area (TPSA) is 65.7 Å². The van der Waals surface area contributed by atoms with Crippen molar-refractivity contribution in [3.63, 3.8) is 0 Å². The van der Waals surface area contributed by atoms with Crippen molar-refractivity contribution in [2.24, 2.45) is 0 Å². The van der Waals surface area contributed by atoms with E-state index in [1.54, 1.807) is 19.2 Å². The number of carbonyl (C=O) groups is 1. The smallest absolute Gasteiger partial charge is 0.289 e. The lowest BCUT2D eigenvalue weighted by Gasteiger charge is -2.25. The van der Waals surface area contributed by atoms with E-state index < -0.39 is 6.10 Å². The zero-order valence-corrected chi connectivity index (χ0v) is 8.51. The number of hydrogen-bond acceptors (Lipinski definition) is 4. The first-order valence-corrected chi connectivity index (χ1v) is 4.89. The summed E-state index contributed by atoms with van der Waals surface area (Å²) in [6.07, 6.45) is 0.957. The van der Waals surface area contributed by atoms with Crippen molar-refractivity contribution in [2.75, 3.05) is 20.1 Å². The van der Waals surface area contributed by atoms with Crippen molar-refractivity contribution in [1.82, 2.24) is 10.2 Å². The molecule has 1 amide bonds. The quantitative estimate of drug-likeness (QED) is 0.702. The molecule has 0 unspecified atom stereocenters. The van der Waals surface area contributed by atoms with Crippen LogP contribution in [-0.4, -0.2) is 48.2 Å². The maximum atomic E-state index is 11.8. The van der Waals surface area contributed by atoms with E-state index >= 15 is 0 Å². The number of carbonyl (C=O) groups excluding carboxylic acids is 1. The molecule has 2 atom stereocenters. The van der Waals surface area contributed by atoms with Gasteiger partial charge in [-0.15, -0.1) is 0 Å². The van der Waals surface area contributed by atoms with Crippen LogP contribution in [0.15, 0.2) is 22.8 Å². The zero-order valence-electron chi connectivity index (χ0n) is 8.51. The molecule has 2 heterocycles. The highest BCUT2D eigenvalue weighted by Crippen LogP contribution is 2.12. The van der Waals surface area contributed by atoms with Crippen molar-refractivity contribution in [1.29, 1.82) is 0 Å². The molecule has 1 aliphatic heterocycles. The van der Waals surface area contributed by atoms with Crippen molar-refractivity contribution in [3.8, 4) is 0 Å². The van der Waals surface area contributed by atoms with Crippen molar-refractivity contribution in [2.45, 2.75) is 12.1 Å². The fourth-order valence-corrected chi connectivity index (χ4v) is 1.77. The van der Waals surface area contributed by atoms with E-state index in [9.17, 15) is 9.90 Å². The number of aliphatic hydroxyl groups excluding tert-OH is 1. The van der Waals surface area contributed by atoms with Gasteiger partial charge < -0.3 is 19.7 Å². The van der Waals surface area contributed by atoms with Gasteiger partial charge in [-0.2, -0.15) is 0 Å². The van der Waals surface area contributed by atoms with Crippen LogP contribution < -0.4 is 5.32 Å².